The van der Waals surface area contributed by atoms with E-state index in [0.717, 1.165) is 39.0 Å². The fourth-order valence-corrected chi connectivity index (χ4v) is 2.71. The maximum atomic E-state index is 11.9. The van der Waals surface area contributed by atoms with Crippen LogP contribution >= 0.6 is 0 Å². The molecule has 2 fully saturated rings. The second kappa shape index (κ2) is 6.18. The highest BCUT2D eigenvalue weighted by Crippen LogP contribution is 2.15. The lowest BCUT2D eigenvalue weighted by molar-refractivity contribution is -0.130. The number of hydrogen-bond donors (Lipinski definition) is 2. The fourth-order valence-electron chi connectivity index (χ4n) is 2.71. The van der Waals surface area contributed by atoms with Gasteiger partial charge in [-0.05, 0) is 25.3 Å². The van der Waals surface area contributed by atoms with Crippen LogP contribution in [-0.2, 0) is 9.59 Å². The van der Waals surface area contributed by atoms with Crippen molar-refractivity contribution in [1.29, 1.82) is 0 Å². The molecular formula is C13H23N3O2. The molecule has 2 unspecified atom stereocenters. The first-order valence-electron chi connectivity index (χ1n) is 6.94. The van der Waals surface area contributed by atoms with Gasteiger partial charge in [0.05, 0.1) is 5.92 Å². The zero-order valence-electron chi connectivity index (χ0n) is 11.1. The number of hydrogen-bond acceptors (Lipinski definition) is 3. The van der Waals surface area contributed by atoms with Crippen molar-refractivity contribution in [1.82, 2.24) is 15.5 Å². The van der Waals surface area contributed by atoms with E-state index in [2.05, 4.69) is 17.6 Å². The van der Waals surface area contributed by atoms with Crippen molar-refractivity contribution in [3.05, 3.63) is 0 Å². The van der Waals surface area contributed by atoms with Crippen LogP contribution in [0.1, 0.15) is 26.2 Å². The molecule has 0 saturated carbocycles. The van der Waals surface area contributed by atoms with Gasteiger partial charge in [-0.15, -0.1) is 0 Å². The molecule has 2 rings (SSSR count). The molecule has 18 heavy (non-hydrogen) atoms. The molecule has 0 aromatic carbocycles. The SMILES string of the molecule is CC1CNCC1C(=O)NCCC(=O)N1CCCC1. The predicted octanol–water partition coefficient (Wildman–Crippen LogP) is -0.0294. The Hall–Kier alpha value is -1.10. The average molecular weight is 253 g/mol. The van der Waals surface area contributed by atoms with Crippen LogP contribution in [0.3, 0.4) is 0 Å². The minimum absolute atomic E-state index is 0.0619. The highest BCUT2D eigenvalue weighted by molar-refractivity contribution is 5.81. The first-order chi connectivity index (χ1) is 8.68. The van der Waals surface area contributed by atoms with E-state index in [-0.39, 0.29) is 17.7 Å². The van der Waals surface area contributed by atoms with Crippen molar-refractivity contribution in [2.75, 3.05) is 32.7 Å². The van der Waals surface area contributed by atoms with Crippen LogP contribution in [0.2, 0.25) is 0 Å². The lowest BCUT2D eigenvalue weighted by Crippen LogP contribution is -2.37. The molecule has 5 nitrogen and oxygen atoms in total. The topological polar surface area (TPSA) is 61.4 Å². The third-order valence-electron chi connectivity index (χ3n) is 3.95. The molecule has 0 aromatic rings. The molecule has 2 aliphatic rings. The van der Waals surface area contributed by atoms with E-state index in [1.165, 1.54) is 0 Å². The third kappa shape index (κ3) is 3.22. The van der Waals surface area contributed by atoms with Crippen molar-refractivity contribution in [3.63, 3.8) is 0 Å². The van der Waals surface area contributed by atoms with Crippen molar-refractivity contribution in [3.8, 4) is 0 Å². The summed E-state index contributed by atoms with van der Waals surface area (Å²) in [7, 11) is 0. The van der Waals surface area contributed by atoms with Crippen LogP contribution in [0.15, 0.2) is 0 Å². The number of amides is 2. The summed E-state index contributed by atoms with van der Waals surface area (Å²) >= 11 is 0. The number of carbonyl (C=O) groups is 2. The van der Waals surface area contributed by atoms with Gasteiger partial charge in [-0.1, -0.05) is 6.92 Å². The van der Waals surface area contributed by atoms with Gasteiger partial charge in [0, 0.05) is 32.6 Å². The Morgan fingerprint density at radius 3 is 2.61 bits per heavy atom. The second-order valence-corrected chi connectivity index (χ2v) is 5.37. The smallest absolute Gasteiger partial charge is 0.224 e. The van der Waals surface area contributed by atoms with Crippen molar-refractivity contribution in [2.24, 2.45) is 11.8 Å². The van der Waals surface area contributed by atoms with Gasteiger partial charge in [0.15, 0.2) is 0 Å². The van der Waals surface area contributed by atoms with E-state index < -0.39 is 0 Å². The quantitative estimate of drug-likeness (QED) is 0.739. The lowest BCUT2D eigenvalue weighted by Gasteiger charge is -2.17. The van der Waals surface area contributed by atoms with Crippen LogP contribution in [0.4, 0.5) is 0 Å². The van der Waals surface area contributed by atoms with Crippen LogP contribution in [0, 0.1) is 11.8 Å². The van der Waals surface area contributed by atoms with Crippen molar-refractivity contribution in [2.45, 2.75) is 26.2 Å². The molecule has 0 radical (unpaired) electrons. The van der Waals surface area contributed by atoms with Crippen LogP contribution in [0.5, 0.6) is 0 Å². The minimum Gasteiger partial charge on any atom is -0.355 e. The standard InChI is InChI=1S/C13H23N3O2/c1-10-8-14-9-11(10)13(18)15-5-4-12(17)16-6-2-3-7-16/h10-11,14H,2-9H2,1H3,(H,15,18). The minimum atomic E-state index is 0.0619. The molecule has 2 saturated heterocycles. The van der Waals surface area contributed by atoms with Gasteiger partial charge in [0.2, 0.25) is 11.8 Å². The highest BCUT2D eigenvalue weighted by Gasteiger charge is 2.29. The molecule has 0 bridgehead atoms. The third-order valence-corrected chi connectivity index (χ3v) is 3.95. The largest absolute Gasteiger partial charge is 0.355 e. The van der Waals surface area contributed by atoms with E-state index in [1.54, 1.807) is 0 Å². The Morgan fingerprint density at radius 2 is 2.00 bits per heavy atom. The van der Waals surface area contributed by atoms with Crippen LogP contribution in [0.25, 0.3) is 0 Å². The van der Waals surface area contributed by atoms with Gasteiger partial charge in [-0.3, -0.25) is 9.59 Å². The number of carbonyl (C=O) groups excluding carboxylic acids is 2. The second-order valence-electron chi connectivity index (χ2n) is 5.37. The summed E-state index contributed by atoms with van der Waals surface area (Å²) in [5.74, 6) is 0.707. The fraction of sp³-hybridized carbons (Fsp3) is 0.846. The van der Waals surface area contributed by atoms with Gasteiger partial charge in [0.25, 0.3) is 0 Å². The molecule has 2 amide bonds. The van der Waals surface area contributed by atoms with Gasteiger partial charge < -0.3 is 15.5 Å². The Kier molecular flexibility index (Phi) is 4.58. The Balaban J connectivity index is 1.65. The first kappa shape index (κ1) is 13.3. The van der Waals surface area contributed by atoms with E-state index in [4.69, 9.17) is 0 Å². The monoisotopic (exact) mass is 253 g/mol. The van der Waals surface area contributed by atoms with Gasteiger partial charge >= 0.3 is 0 Å². The molecule has 2 heterocycles. The van der Waals surface area contributed by atoms with Crippen LogP contribution < -0.4 is 10.6 Å². The molecule has 2 N–H and O–H groups in total. The van der Waals surface area contributed by atoms with E-state index in [0.29, 0.717) is 18.9 Å². The number of nitrogens with zero attached hydrogens (tertiary/aromatic N) is 1. The Morgan fingerprint density at radius 1 is 1.28 bits per heavy atom. The molecule has 2 aliphatic heterocycles. The molecule has 0 aromatic heterocycles. The Labute approximate surface area is 108 Å². The zero-order chi connectivity index (χ0) is 13.0. The van der Waals surface area contributed by atoms with E-state index in [9.17, 15) is 9.59 Å². The summed E-state index contributed by atoms with van der Waals surface area (Å²) in [5.41, 5.74) is 0. The maximum absolute atomic E-state index is 11.9. The lowest BCUT2D eigenvalue weighted by atomic mass is 9.97. The predicted molar refractivity (Wildman–Crippen MR) is 69.0 cm³/mol. The van der Waals surface area contributed by atoms with Gasteiger partial charge in [0.1, 0.15) is 0 Å². The van der Waals surface area contributed by atoms with Gasteiger partial charge in [-0.2, -0.15) is 0 Å². The zero-order valence-corrected chi connectivity index (χ0v) is 11.1. The summed E-state index contributed by atoms with van der Waals surface area (Å²) in [6.07, 6.45) is 2.66. The summed E-state index contributed by atoms with van der Waals surface area (Å²) < 4.78 is 0. The maximum Gasteiger partial charge on any atom is 0.224 e. The normalized spacial score (nSPS) is 27.5. The Bertz CT molecular complexity index is 313. The summed E-state index contributed by atoms with van der Waals surface area (Å²) in [5, 5.41) is 6.09. The molecule has 0 aliphatic carbocycles. The first-order valence-corrected chi connectivity index (χ1v) is 6.94. The summed E-state index contributed by atoms with van der Waals surface area (Å²) in [6.45, 7) is 5.99. The molecule has 2 atom stereocenters. The van der Waals surface area contributed by atoms with Crippen LogP contribution in [-0.4, -0.2) is 49.4 Å². The number of nitrogens with one attached hydrogen (secondary N) is 2. The molecular weight excluding hydrogens is 230 g/mol. The van der Waals surface area contributed by atoms with Crippen molar-refractivity contribution >= 4 is 11.8 Å². The summed E-state index contributed by atoms with van der Waals surface area (Å²) in [4.78, 5) is 25.6. The number of rotatable bonds is 4. The summed E-state index contributed by atoms with van der Waals surface area (Å²) in [6, 6.07) is 0. The van der Waals surface area contributed by atoms with Gasteiger partial charge in [-0.25, -0.2) is 0 Å². The number of likely N-dealkylation sites (tertiary alicyclic amines) is 1. The van der Waals surface area contributed by atoms with E-state index >= 15 is 0 Å². The molecule has 5 heteroatoms. The van der Waals surface area contributed by atoms with Crippen molar-refractivity contribution < 1.29 is 9.59 Å². The average Bonchev–Trinajstić information content (AvgIpc) is 2.99. The molecule has 102 valence electrons. The van der Waals surface area contributed by atoms with E-state index in [1.807, 2.05) is 4.90 Å². The highest BCUT2D eigenvalue weighted by atomic mass is 16.2. The molecule has 0 spiro atoms.